The minimum Gasteiger partial charge on any atom is -0.479 e. The van der Waals surface area contributed by atoms with E-state index in [1.54, 1.807) is 16.8 Å². The van der Waals surface area contributed by atoms with Crippen LogP contribution in [0.1, 0.15) is 10.4 Å². The lowest BCUT2D eigenvalue weighted by molar-refractivity contribution is -0.147. The summed E-state index contributed by atoms with van der Waals surface area (Å²) in [4.78, 5) is 22.0. The number of hydrogen-bond acceptors (Lipinski definition) is 4. The number of carbonyl (C=O) groups is 2. The summed E-state index contributed by atoms with van der Waals surface area (Å²) >= 11 is 1.41. The summed E-state index contributed by atoms with van der Waals surface area (Å²) in [6.45, 7) is -0.0412. The molecule has 0 aliphatic heterocycles. The van der Waals surface area contributed by atoms with E-state index in [0.29, 0.717) is 5.56 Å². The van der Waals surface area contributed by atoms with Crippen LogP contribution in [-0.2, 0) is 9.53 Å². The summed E-state index contributed by atoms with van der Waals surface area (Å²) in [5, 5.41) is 14.6. The zero-order chi connectivity index (χ0) is 11.3. The number of carboxylic acid groups (broad SMARTS) is 1. The maximum Gasteiger partial charge on any atom is 0.334 e. The van der Waals surface area contributed by atoms with Crippen LogP contribution in [0.5, 0.6) is 0 Å². The third-order valence-electron chi connectivity index (χ3n) is 1.79. The molecule has 0 aromatic carbocycles. The number of rotatable bonds is 5. The number of methoxy groups -OCH3 is 1. The molecule has 0 aliphatic carbocycles. The monoisotopic (exact) mass is 229 g/mol. The minimum absolute atomic E-state index is 0.0412. The number of nitrogens with one attached hydrogen (secondary N) is 1. The number of aliphatic carboxylic acids is 1. The molecular formula is C9H11NO4S. The molecule has 2 N–H and O–H groups in total. The highest BCUT2D eigenvalue weighted by molar-refractivity contribution is 7.08. The molecule has 1 amide bonds. The van der Waals surface area contributed by atoms with Gasteiger partial charge in [0.05, 0.1) is 6.54 Å². The maximum absolute atomic E-state index is 11.4. The predicted molar refractivity (Wildman–Crippen MR) is 55.1 cm³/mol. The summed E-state index contributed by atoms with van der Waals surface area (Å²) in [6, 6.07) is 1.67. The molecule has 1 rings (SSSR count). The second-order valence-electron chi connectivity index (χ2n) is 2.78. The van der Waals surface area contributed by atoms with Crippen molar-refractivity contribution < 1.29 is 19.4 Å². The van der Waals surface area contributed by atoms with Gasteiger partial charge in [-0.25, -0.2) is 4.79 Å². The zero-order valence-electron chi connectivity index (χ0n) is 8.10. The fourth-order valence-corrected chi connectivity index (χ4v) is 1.59. The van der Waals surface area contributed by atoms with Crippen molar-refractivity contribution in [3.05, 3.63) is 22.4 Å². The average Bonchev–Trinajstić information content (AvgIpc) is 2.70. The van der Waals surface area contributed by atoms with Crippen LogP contribution < -0.4 is 5.32 Å². The van der Waals surface area contributed by atoms with Crippen molar-refractivity contribution in [2.75, 3.05) is 13.7 Å². The maximum atomic E-state index is 11.4. The zero-order valence-corrected chi connectivity index (χ0v) is 8.91. The Hall–Kier alpha value is -1.40. The SMILES string of the molecule is COC(CNC(=O)c1ccsc1)C(=O)O. The molecule has 1 aromatic heterocycles. The van der Waals surface area contributed by atoms with Crippen LogP contribution in [0.25, 0.3) is 0 Å². The molecule has 0 aliphatic rings. The summed E-state index contributed by atoms with van der Waals surface area (Å²) in [5.41, 5.74) is 0.528. The van der Waals surface area contributed by atoms with Gasteiger partial charge in [-0.3, -0.25) is 4.79 Å². The molecule has 0 saturated heterocycles. The van der Waals surface area contributed by atoms with Gasteiger partial charge in [0.2, 0.25) is 0 Å². The fraction of sp³-hybridized carbons (Fsp3) is 0.333. The first-order chi connectivity index (χ1) is 7.15. The van der Waals surface area contributed by atoms with Crippen LogP contribution in [0, 0.1) is 0 Å². The van der Waals surface area contributed by atoms with Crippen LogP contribution >= 0.6 is 11.3 Å². The topological polar surface area (TPSA) is 75.6 Å². The average molecular weight is 229 g/mol. The van der Waals surface area contributed by atoms with Gasteiger partial charge in [-0.2, -0.15) is 11.3 Å². The van der Waals surface area contributed by atoms with E-state index in [9.17, 15) is 9.59 Å². The highest BCUT2D eigenvalue weighted by Crippen LogP contribution is 2.05. The first-order valence-corrected chi connectivity index (χ1v) is 5.15. The van der Waals surface area contributed by atoms with E-state index < -0.39 is 12.1 Å². The van der Waals surface area contributed by atoms with E-state index in [0.717, 1.165) is 0 Å². The smallest absolute Gasteiger partial charge is 0.334 e. The lowest BCUT2D eigenvalue weighted by Crippen LogP contribution is -2.37. The molecule has 0 spiro atoms. The lowest BCUT2D eigenvalue weighted by Gasteiger charge is -2.10. The molecule has 15 heavy (non-hydrogen) atoms. The number of ether oxygens (including phenoxy) is 1. The van der Waals surface area contributed by atoms with Crippen LogP contribution in [0.4, 0.5) is 0 Å². The van der Waals surface area contributed by atoms with Crippen molar-refractivity contribution in [1.82, 2.24) is 5.32 Å². The van der Waals surface area contributed by atoms with Crippen molar-refractivity contribution in [2.45, 2.75) is 6.10 Å². The predicted octanol–water partition coefficient (Wildman–Crippen LogP) is 0.577. The van der Waals surface area contributed by atoms with Gasteiger partial charge in [-0.1, -0.05) is 0 Å². The Bertz CT molecular complexity index is 336. The lowest BCUT2D eigenvalue weighted by atomic mass is 10.3. The molecule has 6 heteroatoms. The van der Waals surface area contributed by atoms with Crippen molar-refractivity contribution in [3.8, 4) is 0 Å². The Balaban J connectivity index is 2.43. The molecule has 0 bridgehead atoms. The number of hydrogen-bond donors (Lipinski definition) is 2. The molecule has 1 atom stereocenters. The molecule has 0 radical (unpaired) electrons. The first-order valence-electron chi connectivity index (χ1n) is 4.21. The van der Waals surface area contributed by atoms with Gasteiger partial charge in [0.25, 0.3) is 5.91 Å². The van der Waals surface area contributed by atoms with E-state index in [2.05, 4.69) is 10.1 Å². The second kappa shape index (κ2) is 5.47. The molecule has 0 saturated carbocycles. The van der Waals surface area contributed by atoms with Crippen molar-refractivity contribution in [1.29, 1.82) is 0 Å². The Morgan fingerprint density at radius 2 is 2.40 bits per heavy atom. The van der Waals surface area contributed by atoms with E-state index >= 15 is 0 Å². The van der Waals surface area contributed by atoms with Gasteiger partial charge in [0, 0.05) is 18.1 Å². The molecular weight excluding hydrogens is 218 g/mol. The Labute approximate surface area is 90.7 Å². The molecule has 82 valence electrons. The standard InChI is InChI=1S/C9H11NO4S/c1-14-7(9(12)13)4-10-8(11)6-2-3-15-5-6/h2-3,5,7H,4H2,1H3,(H,10,11)(H,12,13). The number of carboxylic acids is 1. The normalized spacial score (nSPS) is 12.1. The summed E-state index contributed by atoms with van der Waals surface area (Å²) in [7, 11) is 1.29. The highest BCUT2D eigenvalue weighted by atomic mass is 32.1. The number of amides is 1. The molecule has 1 heterocycles. The van der Waals surface area contributed by atoms with Gasteiger partial charge in [0.15, 0.2) is 6.10 Å². The van der Waals surface area contributed by atoms with Gasteiger partial charge >= 0.3 is 5.97 Å². The van der Waals surface area contributed by atoms with Gasteiger partial charge < -0.3 is 15.2 Å². The van der Waals surface area contributed by atoms with Crippen LogP contribution in [0.2, 0.25) is 0 Å². The van der Waals surface area contributed by atoms with Crippen molar-refractivity contribution in [2.24, 2.45) is 0 Å². The van der Waals surface area contributed by atoms with Gasteiger partial charge in [-0.05, 0) is 11.4 Å². The highest BCUT2D eigenvalue weighted by Gasteiger charge is 2.17. The quantitative estimate of drug-likeness (QED) is 0.774. The van der Waals surface area contributed by atoms with Crippen LogP contribution in [-0.4, -0.2) is 36.7 Å². The Morgan fingerprint density at radius 3 is 2.87 bits per heavy atom. The van der Waals surface area contributed by atoms with E-state index in [-0.39, 0.29) is 12.5 Å². The second-order valence-corrected chi connectivity index (χ2v) is 3.56. The van der Waals surface area contributed by atoms with Crippen molar-refractivity contribution in [3.63, 3.8) is 0 Å². The van der Waals surface area contributed by atoms with Gasteiger partial charge in [0.1, 0.15) is 0 Å². The third kappa shape index (κ3) is 3.34. The summed E-state index contributed by atoms with van der Waals surface area (Å²) < 4.78 is 4.67. The number of carbonyl (C=O) groups excluding carboxylic acids is 1. The van der Waals surface area contributed by atoms with E-state index in [4.69, 9.17) is 5.11 Å². The van der Waals surface area contributed by atoms with Crippen LogP contribution in [0.15, 0.2) is 16.8 Å². The minimum atomic E-state index is -1.09. The largest absolute Gasteiger partial charge is 0.479 e. The third-order valence-corrected chi connectivity index (χ3v) is 2.47. The summed E-state index contributed by atoms with van der Waals surface area (Å²) in [5.74, 6) is -1.39. The van der Waals surface area contributed by atoms with Gasteiger partial charge in [-0.15, -0.1) is 0 Å². The fourth-order valence-electron chi connectivity index (χ4n) is 0.953. The first kappa shape index (κ1) is 11.7. The Kier molecular flexibility index (Phi) is 4.26. The number of thiophene rings is 1. The molecule has 0 fully saturated rings. The van der Waals surface area contributed by atoms with E-state index in [1.165, 1.54) is 18.4 Å². The molecule has 5 nitrogen and oxygen atoms in total. The molecule has 1 aromatic rings. The Morgan fingerprint density at radius 1 is 1.67 bits per heavy atom. The van der Waals surface area contributed by atoms with E-state index in [1.807, 2.05) is 0 Å². The van der Waals surface area contributed by atoms with Crippen molar-refractivity contribution >= 4 is 23.2 Å². The molecule has 1 unspecified atom stereocenters. The van der Waals surface area contributed by atoms with Crippen LogP contribution in [0.3, 0.4) is 0 Å². The summed E-state index contributed by atoms with van der Waals surface area (Å²) in [6.07, 6.45) is -1.01.